The van der Waals surface area contributed by atoms with E-state index in [1.807, 2.05) is 4.90 Å². The zero-order valence-corrected chi connectivity index (χ0v) is 9.28. The summed E-state index contributed by atoms with van der Waals surface area (Å²) in [7, 11) is 0. The molecule has 0 aromatic heterocycles. The first-order valence-electron chi connectivity index (χ1n) is 5.42. The Balaban J connectivity index is 2.08. The van der Waals surface area contributed by atoms with Gasteiger partial charge in [-0.05, 0) is 12.1 Å². The number of nitrogens with zero attached hydrogens (tertiary/aromatic N) is 2. The van der Waals surface area contributed by atoms with Crippen LogP contribution in [0, 0.1) is 10.1 Å². The van der Waals surface area contributed by atoms with E-state index in [2.05, 4.69) is 0 Å². The zero-order chi connectivity index (χ0) is 12.3. The van der Waals surface area contributed by atoms with E-state index in [0.717, 1.165) is 12.2 Å². The van der Waals surface area contributed by atoms with Gasteiger partial charge in [0.2, 0.25) is 0 Å². The third-order valence-corrected chi connectivity index (χ3v) is 2.77. The molecule has 1 unspecified atom stereocenters. The van der Waals surface area contributed by atoms with Gasteiger partial charge in [-0.3, -0.25) is 10.1 Å². The molecule has 1 saturated heterocycles. The van der Waals surface area contributed by atoms with Crippen LogP contribution in [0.5, 0.6) is 0 Å². The van der Waals surface area contributed by atoms with Gasteiger partial charge in [-0.1, -0.05) is 0 Å². The van der Waals surface area contributed by atoms with E-state index in [4.69, 9.17) is 9.84 Å². The second kappa shape index (κ2) is 5.11. The summed E-state index contributed by atoms with van der Waals surface area (Å²) >= 11 is 0. The van der Waals surface area contributed by atoms with Crippen LogP contribution in [0.25, 0.3) is 0 Å². The van der Waals surface area contributed by atoms with Gasteiger partial charge < -0.3 is 14.7 Å². The number of anilines is 1. The number of ether oxygens (including phenoxy) is 1. The smallest absolute Gasteiger partial charge is 0.269 e. The number of aliphatic hydroxyl groups excluding tert-OH is 1. The number of hydrogen-bond donors (Lipinski definition) is 1. The van der Waals surface area contributed by atoms with Crippen LogP contribution in [0.2, 0.25) is 0 Å². The van der Waals surface area contributed by atoms with Crippen molar-refractivity contribution < 1.29 is 14.8 Å². The van der Waals surface area contributed by atoms with Crippen LogP contribution < -0.4 is 4.90 Å². The number of hydrogen-bond acceptors (Lipinski definition) is 5. The molecule has 1 atom stereocenters. The first-order chi connectivity index (χ1) is 8.20. The topological polar surface area (TPSA) is 75.8 Å². The zero-order valence-electron chi connectivity index (χ0n) is 9.28. The van der Waals surface area contributed by atoms with Crippen molar-refractivity contribution >= 4 is 11.4 Å². The molecule has 0 radical (unpaired) electrons. The first-order valence-corrected chi connectivity index (χ1v) is 5.42. The molecule has 1 aliphatic rings. The fraction of sp³-hybridized carbons (Fsp3) is 0.455. The highest BCUT2D eigenvalue weighted by Crippen LogP contribution is 2.21. The number of morpholine rings is 1. The second-order valence-electron chi connectivity index (χ2n) is 3.89. The number of nitro groups is 1. The minimum Gasteiger partial charge on any atom is -0.394 e. The summed E-state index contributed by atoms with van der Waals surface area (Å²) in [5.41, 5.74) is 0.998. The monoisotopic (exact) mass is 238 g/mol. The Bertz CT molecular complexity index is 393. The summed E-state index contributed by atoms with van der Waals surface area (Å²) in [4.78, 5) is 12.2. The van der Waals surface area contributed by atoms with E-state index >= 15 is 0 Å². The van der Waals surface area contributed by atoms with Crippen molar-refractivity contribution in [2.45, 2.75) is 6.10 Å². The summed E-state index contributed by atoms with van der Waals surface area (Å²) in [6, 6.07) is 6.41. The van der Waals surface area contributed by atoms with Gasteiger partial charge in [0.1, 0.15) is 0 Å². The van der Waals surface area contributed by atoms with Crippen molar-refractivity contribution in [1.29, 1.82) is 0 Å². The Morgan fingerprint density at radius 2 is 2.18 bits per heavy atom. The molecule has 1 fully saturated rings. The predicted octanol–water partition coefficient (Wildman–Crippen LogP) is 0.792. The third kappa shape index (κ3) is 2.72. The highest BCUT2D eigenvalue weighted by molar-refractivity contribution is 5.51. The predicted molar refractivity (Wildman–Crippen MR) is 62.1 cm³/mol. The van der Waals surface area contributed by atoms with Gasteiger partial charge in [-0.15, -0.1) is 0 Å². The maximum absolute atomic E-state index is 10.5. The largest absolute Gasteiger partial charge is 0.394 e. The van der Waals surface area contributed by atoms with Gasteiger partial charge in [-0.2, -0.15) is 0 Å². The van der Waals surface area contributed by atoms with Crippen LogP contribution in [-0.2, 0) is 4.74 Å². The maximum Gasteiger partial charge on any atom is 0.269 e. The molecule has 0 bridgehead atoms. The van der Waals surface area contributed by atoms with Crippen LogP contribution >= 0.6 is 0 Å². The highest BCUT2D eigenvalue weighted by atomic mass is 16.6. The number of rotatable bonds is 3. The molecule has 0 spiro atoms. The van der Waals surface area contributed by atoms with E-state index in [-0.39, 0.29) is 18.4 Å². The lowest BCUT2D eigenvalue weighted by Gasteiger charge is -2.33. The molecule has 1 N–H and O–H groups in total. The third-order valence-electron chi connectivity index (χ3n) is 2.77. The normalized spacial score (nSPS) is 20.3. The van der Waals surface area contributed by atoms with Crippen molar-refractivity contribution in [3.63, 3.8) is 0 Å². The van der Waals surface area contributed by atoms with Gasteiger partial charge in [0.05, 0.1) is 24.2 Å². The molecule has 17 heavy (non-hydrogen) atoms. The summed E-state index contributed by atoms with van der Waals surface area (Å²) in [6.07, 6.45) is -0.182. The minimum atomic E-state index is -0.417. The first kappa shape index (κ1) is 11.8. The number of benzene rings is 1. The van der Waals surface area contributed by atoms with Crippen molar-refractivity contribution in [3.05, 3.63) is 34.4 Å². The van der Waals surface area contributed by atoms with E-state index < -0.39 is 4.92 Å². The van der Waals surface area contributed by atoms with E-state index in [1.165, 1.54) is 12.1 Å². The van der Waals surface area contributed by atoms with Crippen LogP contribution in [0.1, 0.15) is 0 Å². The average molecular weight is 238 g/mol. The number of non-ortho nitro benzene ring substituents is 1. The molecule has 1 heterocycles. The Hall–Kier alpha value is -1.66. The van der Waals surface area contributed by atoms with Gasteiger partial charge >= 0.3 is 0 Å². The molecule has 0 saturated carbocycles. The summed E-state index contributed by atoms with van der Waals surface area (Å²) in [6.45, 7) is 1.88. The lowest BCUT2D eigenvalue weighted by Crippen LogP contribution is -2.44. The molecule has 2 rings (SSSR count). The average Bonchev–Trinajstić information content (AvgIpc) is 2.39. The van der Waals surface area contributed by atoms with Crippen molar-refractivity contribution in [2.24, 2.45) is 0 Å². The van der Waals surface area contributed by atoms with Crippen molar-refractivity contribution in [1.82, 2.24) is 0 Å². The fourth-order valence-electron chi connectivity index (χ4n) is 1.85. The molecule has 1 aromatic carbocycles. The van der Waals surface area contributed by atoms with Gasteiger partial charge in [0.25, 0.3) is 5.69 Å². The maximum atomic E-state index is 10.5. The molecule has 0 aliphatic carbocycles. The van der Waals surface area contributed by atoms with E-state index in [9.17, 15) is 10.1 Å². The van der Waals surface area contributed by atoms with E-state index in [0.29, 0.717) is 13.2 Å². The van der Waals surface area contributed by atoms with Crippen LogP contribution in [0.4, 0.5) is 11.4 Å². The summed E-state index contributed by atoms with van der Waals surface area (Å²) in [5.74, 6) is 0. The Labute approximate surface area is 98.6 Å². The van der Waals surface area contributed by atoms with Crippen LogP contribution in [-0.4, -0.2) is 42.4 Å². The SMILES string of the molecule is O=[N+]([O-])c1ccc(N2CCOC(CO)C2)cc1. The molecule has 0 amide bonds. The Morgan fingerprint density at radius 3 is 2.76 bits per heavy atom. The second-order valence-corrected chi connectivity index (χ2v) is 3.89. The Kier molecular flexibility index (Phi) is 3.55. The number of nitro benzene ring substituents is 1. The standard InChI is InChI=1S/C11H14N2O4/c14-8-11-7-12(5-6-17-11)9-1-3-10(4-2-9)13(15)16/h1-4,11,14H,5-8H2. The lowest BCUT2D eigenvalue weighted by atomic mass is 10.2. The van der Waals surface area contributed by atoms with Gasteiger partial charge in [-0.25, -0.2) is 0 Å². The van der Waals surface area contributed by atoms with Crippen LogP contribution in [0.15, 0.2) is 24.3 Å². The van der Waals surface area contributed by atoms with Crippen molar-refractivity contribution in [3.8, 4) is 0 Å². The molecule has 92 valence electrons. The Morgan fingerprint density at radius 1 is 1.47 bits per heavy atom. The molecule has 6 nitrogen and oxygen atoms in total. The molecule has 1 aromatic rings. The highest BCUT2D eigenvalue weighted by Gasteiger charge is 2.20. The fourth-order valence-corrected chi connectivity index (χ4v) is 1.85. The quantitative estimate of drug-likeness (QED) is 0.622. The van der Waals surface area contributed by atoms with Crippen molar-refractivity contribution in [2.75, 3.05) is 31.2 Å². The van der Waals surface area contributed by atoms with E-state index in [1.54, 1.807) is 12.1 Å². The molecule has 6 heteroatoms. The minimum absolute atomic E-state index is 0.0104. The molecule has 1 aliphatic heterocycles. The summed E-state index contributed by atoms with van der Waals surface area (Å²) in [5, 5.41) is 19.6. The lowest BCUT2D eigenvalue weighted by molar-refractivity contribution is -0.384. The molecular formula is C11H14N2O4. The molecular weight excluding hydrogens is 224 g/mol. The number of aliphatic hydroxyl groups is 1. The van der Waals surface area contributed by atoms with Gasteiger partial charge in [0, 0.05) is 30.9 Å². The van der Waals surface area contributed by atoms with Gasteiger partial charge in [0.15, 0.2) is 0 Å². The summed E-state index contributed by atoms with van der Waals surface area (Å²) < 4.78 is 5.34. The van der Waals surface area contributed by atoms with Crippen LogP contribution in [0.3, 0.4) is 0 Å².